The Morgan fingerprint density at radius 2 is 1.87 bits per heavy atom. The Morgan fingerprint density at radius 3 is 2.48 bits per heavy atom. The average molecular weight is 332 g/mol. The Balaban J connectivity index is 2.21. The van der Waals surface area contributed by atoms with Crippen molar-refractivity contribution in [2.24, 2.45) is 0 Å². The van der Waals surface area contributed by atoms with Gasteiger partial charge in [-0.05, 0) is 43.2 Å². The highest BCUT2D eigenvalue weighted by Crippen LogP contribution is 2.18. The number of hydrogen-bond donors (Lipinski definition) is 0. The van der Waals surface area contributed by atoms with Crippen molar-refractivity contribution in [2.45, 2.75) is 25.2 Å². The molecular formula is C17H20N2O3S. The topological polar surface area (TPSA) is 67.3 Å². The van der Waals surface area contributed by atoms with Gasteiger partial charge in [0.25, 0.3) is 0 Å². The molecule has 2 aromatic rings. The monoisotopic (exact) mass is 332 g/mol. The molecule has 0 aliphatic carbocycles. The van der Waals surface area contributed by atoms with Crippen LogP contribution in [-0.2, 0) is 16.4 Å². The number of aromatic nitrogens is 1. The first-order valence-corrected chi connectivity index (χ1v) is 8.89. The molecule has 0 fully saturated rings. The number of hydrogen-bond acceptors (Lipinski definition) is 4. The van der Waals surface area contributed by atoms with Gasteiger partial charge in [-0.15, -0.1) is 0 Å². The lowest BCUT2D eigenvalue weighted by Crippen LogP contribution is -2.32. The maximum Gasteiger partial charge on any atom is 0.243 e. The third-order valence-corrected chi connectivity index (χ3v) is 5.60. The van der Waals surface area contributed by atoms with Crippen molar-refractivity contribution in [1.29, 1.82) is 0 Å². The summed E-state index contributed by atoms with van der Waals surface area (Å²) < 4.78 is 26.9. The van der Waals surface area contributed by atoms with Gasteiger partial charge in [-0.3, -0.25) is 9.78 Å². The molecule has 2 rings (SSSR count). The number of carbonyl (C=O) groups is 1. The zero-order chi connectivity index (χ0) is 16.9. The fourth-order valence-corrected chi connectivity index (χ4v) is 3.77. The molecule has 0 aliphatic rings. The minimum absolute atomic E-state index is 0.151. The zero-order valence-corrected chi connectivity index (χ0v) is 14.1. The van der Waals surface area contributed by atoms with Crippen molar-refractivity contribution < 1.29 is 13.2 Å². The molecule has 1 aromatic carbocycles. The highest BCUT2D eigenvalue weighted by atomic mass is 32.2. The predicted octanol–water partition coefficient (Wildman–Crippen LogP) is 2.54. The number of rotatable bonds is 7. The van der Waals surface area contributed by atoms with Gasteiger partial charge in [-0.25, -0.2) is 8.42 Å². The lowest BCUT2D eigenvalue weighted by atomic mass is 10.2. The van der Waals surface area contributed by atoms with Crippen molar-refractivity contribution in [3.8, 4) is 0 Å². The van der Waals surface area contributed by atoms with Gasteiger partial charge >= 0.3 is 0 Å². The number of likely N-dealkylation sites (N-methyl/N-ethyl adjacent to an activating group) is 1. The summed E-state index contributed by atoms with van der Waals surface area (Å²) in [5, 5.41) is 0. The van der Waals surface area contributed by atoms with Crippen LogP contribution in [0.25, 0.3) is 0 Å². The van der Waals surface area contributed by atoms with Crippen LogP contribution >= 0.6 is 0 Å². The van der Waals surface area contributed by atoms with Crippen LogP contribution in [0.4, 0.5) is 0 Å². The second-order valence-corrected chi connectivity index (χ2v) is 7.12. The van der Waals surface area contributed by atoms with Crippen LogP contribution in [0.1, 0.15) is 29.8 Å². The zero-order valence-electron chi connectivity index (χ0n) is 13.3. The molecule has 1 heterocycles. The second kappa shape index (κ2) is 7.48. The molecule has 0 atom stereocenters. The van der Waals surface area contributed by atoms with E-state index < -0.39 is 10.0 Å². The summed E-state index contributed by atoms with van der Waals surface area (Å²) in [6.07, 6.45) is 3.99. The number of nitrogens with zero attached hydrogens (tertiary/aromatic N) is 2. The number of carbonyl (C=O) groups excluding carboxylic acids is 1. The van der Waals surface area contributed by atoms with Gasteiger partial charge in [0.15, 0.2) is 5.78 Å². The van der Waals surface area contributed by atoms with E-state index in [9.17, 15) is 13.2 Å². The van der Waals surface area contributed by atoms with E-state index in [-0.39, 0.29) is 10.7 Å². The first-order chi connectivity index (χ1) is 10.9. The highest BCUT2D eigenvalue weighted by molar-refractivity contribution is 7.89. The number of benzene rings is 1. The van der Waals surface area contributed by atoms with Crippen LogP contribution in [0.3, 0.4) is 0 Å². The quantitative estimate of drug-likeness (QED) is 0.731. The molecule has 0 saturated carbocycles. The van der Waals surface area contributed by atoms with Crippen molar-refractivity contribution in [1.82, 2.24) is 9.29 Å². The molecule has 0 saturated heterocycles. The van der Waals surface area contributed by atoms with E-state index in [1.54, 1.807) is 31.5 Å². The number of sulfonamides is 1. The van der Waals surface area contributed by atoms with Gasteiger partial charge < -0.3 is 0 Å². The third-order valence-electron chi connectivity index (χ3n) is 3.63. The van der Waals surface area contributed by atoms with Crippen molar-refractivity contribution >= 4 is 15.8 Å². The molecule has 5 nitrogen and oxygen atoms in total. The van der Waals surface area contributed by atoms with Crippen molar-refractivity contribution in [3.05, 3.63) is 59.9 Å². The van der Waals surface area contributed by atoms with E-state index in [0.29, 0.717) is 25.1 Å². The van der Waals surface area contributed by atoms with Crippen LogP contribution < -0.4 is 0 Å². The summed E-state index contributed by atoms with van der Waals surface area (Å²) in [5.41, 5.74) is 1.43. The molecule has 23 heavy (non-hydrogen) atoms. The minimum atomic E-state index is -3.61. The Morgan fingerprint density at radius 1 is 1.17 bits per heavy atom. The number of pyridine rings is 1. The molecule has 0 spiro atoms. The number of Topliss-reactive ketones (excluding diaryl/α,β-unsaturated/α-hetero) is 1. The summed E-state index contributed by atoms with van der Waals surface area (Å²) in [4.78, 5) is 15.6. The molecule has 0 N–H and O–H groups in total. The van der Waals surface area contributed by atoms with Crippen LogP contribution in [0.15, 0.2) is 53.7 Å². The van der Waals surface area contributed by atoms with Crippen molar-refractivity contribution in [2.75, 3.05) is 13.1 Å². The maximum atomic E-state index is 12.8. The molecule has 0 bridgehead atoms. The van der Waals surface area contributed by atoms with Crippen LogP contribution in [0.2, 0.25) is 0 Å². The summed E-state index contributed by atoms with van der Waals surface area (Å²) in [6, 6.07) is 9.92. The van der Waals surface area contributed by atoms with Crippen LogP contribution in [-0.4, -0.2) is 36.6 Å². The lowest BCUT2D eigenvalue weighted by molar-refractivity contribution is 0.101. The predicted molar refractivity (Wildman–Crippen MR) is 88.8 cm³/mol. The first kappa shape index (κ1) is 17.3. The van der Waals surface area contributed by atoms with E-state index in [4.69, 9.17) is 0 Å². The van der Waals surface area contributed by atoms with Gasteiger partial charge in [0, 0.05) is 31.0 Å². The van der Waals surface area contributed by atoms with Gasteiger partial charge in [-0.2, -0.15) is 4.31 Å². The van der Waals surface area contributed by atoms with E-state index in [2.05, 4.69) is 4.98 Å². The molecule has 0 radical (unpaired) electrons. The van der Waals surface area contributed by atoms with Crippen molar-refractivity contribution in [3.63, 3.8) is 0 Å². The van der Waals surface area contributed by atoms with E-state index in [1.807, 2.05) is 12.1 Å². The third kappa shape index (κ3) is 4.24. The Labute approximate surface area is 137 Å². The van der Waals surface area contributed by atoms with E-state index in [0.717, 1.165) is 5.56 Å². The fourth-order valence-electron chi connectivity index (χ4n) is 2.28. The lowest BCUT2D eigenvalue weighted by Gasteiger charge is -2.20. The molecule has 0 unspecified atom stereocenters. The normalized spacial score (nSPS) is 11.6. The molecule has 122 valence electrons. The highest BCUT2D eigenvalue weighted by Gasteiger charge is 2.23. The van der Waals surface area contributed by atoms with E-state index in [1.165, 1.54) is 23.4 Å². The first-order valence-electron chi connectivity index (χ1n) is 7.45. The summed E-state index contributed by atoms with van der Waals surface area (Å²) in [7, 11) is -3.61. The Bertz CT molecular complexity index is 773. The molecule has 6 heteroatoms. The smallest absolute Gasteiger partial charge is 0.243 e. The average Bonchev–Trinajstić information content (AvgIpc) is 2.56. The van der Waals surface area contributed by atoms with Crippen LogP contribution in [0.5, 0.6) is 0 Å². The maximum absolute atomic E-state index is 12.8. The van der Waals surface area contributed by atoms with E-state index >= 15 is 0 Å². The largest absolute Gasteiger partial charge is 0.295 e. The molecule has 1 aromatic heterocycles. The summed E-state index contributed by atoms with van der Waals surface area (Å²) >= 11 is 0. The van der Waals surface area contributed by atoms with Crippen LogP contribution in [0, 0.1) is 0 Å². The summed E-state index contributed by atoms with van der Waals surface area (Å²) in [6.45, 7) is 3.98. The summed E-state index contributed by atoms with van der Waals surface area (Å²) in [5.74, 6) is -0.151. The van der Waals surface area contributed by atoms with Gasteiger partial charge in [0.2, 0.25) is 10.0 Å². The second-order valence-electron chi connectivity index (χ2n) is 5.19. The van der Waals surface area contributed by atoms with Gasteiger partial charge in [-0.1, -0.05) is 19.1 Å². The Kier molecular flexibility index (Phi) is 5.63. The number of ketones is 1. The SMILES string of the molecule is CCN(CCc1ccncc1)S(=O)(=O)c1cccc(C(C)=O)c1. The van der Waals surface area contributed by atoms with Gasteiger partial charge in [0.1, 0.15) is 0 Å². The molecule has 0 aliphatic heterocycles. The Hall–Kier alpha value is -2.05. The standard InChI is InChI=1S/C17H20N2O3S/c1-3-19(12-9-15-7-10-18-11-8-15)23(21,22)17-6-4-5-16(13-17)14(2)20/h4-8,10-11,13H,3,9,12H2,1-2H3. The minimum Gasteiger partial charge on any atom is -0.295 e. The molecule has 0 amide bonds. The fraction of sp³-hybridized carbons (Fsp3) is 0.294. The molecular weight excluding hydrogens is 312 g/mol. The van der Waals surface area contributed by atoms with Gasteiger partial charge in [0.05, 0.1) is 4.90 Å².